The molecule has 0 aromatic heterocycles. The summed E-state index contributed by atoms with van der Waals surface area (Å²) in [6, 6.07) is 13.9. The minimum absolute atomic E-state index is 0. The molecule has 1 aliphatic rings. The summed E-state index contributed by atoms with van der Waals surface area (Å²) >= 11 is 0. The third-order valence-corrected chi connectivity index (χ3v) is 5.26. The molecular formula is C25H35IN4O3. The van der Waals surface area contributed by atoms with Crippen LogP contribution in [-0.2, 0) is 17.8 Å². The van der Waals surface area contributed by atoms with Gasteiger partial charge in [-0.3, -0.25) is 9.79 Å². The number of hydrogen-bond donors (Lipinski definition) is 3. The summed E-state index contributed by atoms with van der Waals surface area (Å²) in [4.78, 5) is 16.5. The lowest BCUT2D eigenvalue weighted by molar-refractivity contribution is 0.0953. The van der Waals surface area contributed by atoms with Crippen molar-refractivity contribution in [3.05, 3.63) is 64.7 Å². The molecule has 3 rings (SSSR count). The number of aliphatic imine (C=N–C) groups is 1. The fourth-order valence-electron chi connectivity index (χ4n) is 3.45. The van der Waals surface area contributed by atoms with Gasteiger partial charge in [-0.15, -0.1) is 24.0 Å². The van der Waals surface area contributed by atoms with Crippen molar-refractivity contribution >= 4 is 35.8 Å². The van der Waals surface area contributed by atoms with Crippen LogP contribution in [0, 0.1) is 6.92 Å². The van der Waals surface area contributed by atoms with E-state index in [9.17, 15) is 4.79 Å². The molecule has 0 spiro atoms. The Labute approximate surface area is 213 Å². The summed E-state index contributed by atoms with van der Waals surface area (Å²) in [5.74, 6) is 1.52. The molecule has 3 N–H and O–H groups in total. The average molecular weight is 566 g/mol. The van der Waals surface area contributed by atoms with Crippen molar-refractivity contribution in [2.75, 3.05) is 26.8 Å². The number of carbonyl (C=O) groups excluding carboxylic acids is 1. The number of carbonyl (C=O) groups is 1. The highest BCUT2D eigenvalue weighted by atomic mass is 127. The van der Waals surface area contributed by atoms with Crippen molar-refractivity contribution in [1.29, 1.82) is 0 Å². The largest absolute Gasteiger partial charge is 0.488 e. The van der Waals surface area contributed by atoms with Gasteiger partial charge in [0.2, 0.25) is 0 Å². The van der Waals surface area contributed by atoms with Gasteiger partial charge in [0, 0.05) is 44.2 Å². The number of aryl methyl sites for hydroxylation is 1. The van der Waals surface area contributed by atoms with E-state index in [0.717, 1.165) is 41.9 Å². The molecule has 2 aromatic carbocycles. The maximum atomic E-state index is 12.2. The zero-order valence-electron chi connectivity index (χ0n) is 19.6. The minimum Gasteiger partial charge on any atom is -0.488 e. The monoisotopic (exact) mass is 566 g/mol. The lowest BCUT2D eigenvalue weighted by Crippen LogP contribution is -2.36. The number of rotatable bonds is 9. The van der Waals surface area contributed by atoms with Crippen LogP contribution in [0.3, 0.4) is 0 Å². The van der Waals surface area contributed by atoms with E-state index in [2.05, 4.69) is 46.1 Å². The average Bonchev–Trinajstić information content (AvgIpc) is 3.32. The van der Waals surface area contributed by atoms with Crippen LogP contribution in [0.1, 0.15) is 46.8 Å². The Hall–Kier alpha value is -2.33. The predicted octanol–water partition coefficient (Wildman–Crippen LogP) is 3.79. The van der Waals surface area contributed by atoms with E-state index in [0.29, 0.717) is 37.8 Å². The number of amides is 1. The summed E-state index contributed by atoms with van der Waals surface area (Å²) in [6.45, 7) is 7.31. The van der Waals surface area contributed by atoms with Gasteiger partial charge >= 0.3 is 0 Å². The third kappa shape index (κ3) is 8.51. The Kier molecular flexibility index (Phi) is 11.5. The van der Waals surface area contributed by atoms with E-state index < -0.39 is 0 Å². The molecule has 33 heavy (non-hydrogen) atoms. The summed E-state index contributed by atoms with van der Waals surface area (Å²) in [5, 5.41) is 9.58. The second kappa shape index (κ2) is 14.0. The second-order valence-corrected chi connectivity index (χ2v) is 7.95. The van der Waals surface area contributed by atoms with Gasteiger partial charge < -0.3 is 25.4 Å². The molecule has 1 unspecified atom stereocenters. The topological polar surface area (TPSA) is 84.0 Å². The molecule has 180 valence electrons. The normalized spacial score (nSPS) is 15.5. The summed E-state index contributed by atoms with van der Waals surface area (Å²) < 4.78 is 11.6. The van der Waals surface area contributed by atoms with Gasteiger partial charge in [-0.05, 0) is 42.7 Å². The number of benzene rings is 2. The van der Waals surface area contributed by atoms with E-state index >= 15 is 0 Å². The lowest BCUT2D eigenvalue weighted by atomic mass is 10.1. The van der Waals surface area contributed by atoms with E-state index in [4.69, 9.17) is 9.47 Å². The zero-order chi connectivity index (χ0) is 22.8. The SMILES string of the molecule is CCCNC(=O)c1cccc(CNC(=NC)NCc2ccc(C)cc2OC2CCOC2)c1.I. The number of nitrogens with zero attached hydrogens (tertiary/aromatic N) is 1. The van der Waals surface area contributed by atoms with Gasteiger partial charge in [-0.25, -0.2) is 0 Å². The van der Waals surface area contributed by atoms with E-state index in [-0.39, 0.29) is 36.0 Å². The number of ether oxygens (including phenoxy) is 2. The third-order valence-electron chi connectivity index (χ3n) is 5.26. The van der Waals surface area contributed by atoms with Crippen LogP contribution in [-0.4, -0.2) is 44.8 Å². The first kappa shape index (κ1) is 26.9. The molecule has 1 aliphatic heterocycles. The number of guanidine groups is 1. The zero-order valence-corrected chi connectivity index (χ0v) is 22.0. The van der Waals surface area contributed by atoms with Gasteiger partial charge in [-0.1, -0.05) is 31.2 Å². The molecule has 1 saturated heterocycles. The van der Waals surface area contributed by atoms with E-state index in [1.807, 2.05) is 31.2 Å². The Bertz CT molecular complexity index is 930. The molecule has 1 atom stereocenters. The van der Waals surface area contributed by atoms with E-state index in [1.165, 1.54) is 0 Å². The van der Waals surface area contributed by atoms with Crippen LogP contribution in [0.2, 0.25) is 0 Å². The Balaban J connectivity index is 0.00000385. The standard InChI is InChI=1S/C25H34N4O3.HI/c1-4-11-27-24(30)20-7-5-6-19(14-20)15-28-25(26-3)29-16-21-9-8-18(2)13-23(21)32-22-10-12-31-17-22;/h5-9,13-14,22H,4,10-12,15-17H2,1-3H3,(H,27,30)(H2,26,28,29);1H. The van der Waals surface area contributed by atoms with Crippen LogP contribution in [0.5, 0.6) is 5.75 Å². The first-order chi connectivity index (χ1) is 15.6. The quantitative estimate of drug-likeness (QED) is 0.245. The van der Waals surface area contributed by atoms with Crippen LogP contribution in [0.25, 0.3) is 0 Å². The second-order valence-electron chi connectivity index (χ2n) is 7.95. The van der Waals surface area contributed by atoms with Gasteiger partial charge in [0.25, 0.3) is 5.91 Å². The maximum Gasteiger partial charge on any atom is 0.251 e. The highest BCUT2D eigenvalue weighted by Gasteiger charge is 2.18. The Morgan fingerprint density at radius 2 is 1.97 bits per heavy atom. The molecule has 1 amide bonds. The first-order valence-corrected chi connectivity index (χ1v) is 11.2. The number of hydrogen-bond acceptors (Lipinski definition) is 4. The van der Waals surface area contributed by atoms with Gasteiger partial charge in [0.1, 0.15) is 11.9 Å². The van der Waals surface area contributed by atoms with Crippen molar-refractivity contribution in [3.8, 4) is 5.75 Å². The van der Waals surface area contributed by atoms with Gasteiger partial charge in [0.05, 0.1) is 13.2 Å². The fraction of sp³-hybridized carbons (Fsp3) is 0.440. The molecule has 2 aromatic rings. The molecule has 8 heteroatoms. The van der Waals surface area contributed by atoms with Crippen molar-refractivity contribution in [3.63, 3.8) is 0 Å². The number of halogens is 1. The fourth-order valence-corrected chi connectivity index (χ4v) is 3.45. The summed E-state index contributed by atoms with van der Waals surface area (Å²) in [5.41, 5.74) is 3.91. The minimum atomic E-state index is -0.0456. The Morgan fingerprint density at radius 1 is 1.15 bits per heavy atom. The smallest absolute Gasteiger partial charge is 0.251 e. The maximum absolute atomic E-state index is 12.2. The van der Waals surface area contributed by atoms with Crippen LogP contribution in [0.15, 0.2) is 47.5 Å². The molecule has 0 radical (unpaired) electrons. The molecule has 1 heterocycles. The van der Waals surface area contributed by atoms with Crippen molar-refractivity contribution < 1.29 is 14.3 Å². The van der Waals surface area contributed by atoms with Gasteiger partial charge in [-0.2, -0.15) is 0 Å². The highest BCUT2D eigenvalue weighted by molar-refractivity contribution is 14.0. The molecular weight excluding hydrogens is 531 g/mol. The molecule has 1 fully saturated rings. The van der Waals surface area contributed by atoms with Crippen molar-refractivity contribution in [1.82, 2.24) is 16.0 Å². The highest BCUT2D eigenvalue weighted by Crippen LogP contribution is 2.23. The lowest BCUT2D eigenvalue weighted by Gasteiger charge is -2.18. The predicted molar refractivity (Wildman–Crippen MR) is 143 cm³/mol. The first-order valence-electron chi connectivity index (χ1n) is 11.2. The van der Waals surface area contributed by atoms with E-state index in [1.54, 1.807) is 7.05 Å². The van der Waals surface area contributed by atoms with Gasteiger partial charge in [0.15, 0.2) is 5.96 Å². The molecule has 0 aliphatic carbocycles. The molecule has 7 nitrogen and oxygen atoms in total. The summed E-state index contributed by atoms with van der Waals surface area (Å²) in [6.07, 6.45) is 1.94. The van der Waals surface area contributed by atoms with Crippen molar-refractivity contribution in [2.24, 2.45) is 4.99 Å². The van der Waals surface area contributed by atoms with Crippen LogP contribution in [0.4, 0.5) is 0 Å². The molecule has 0 bridgehead atoms. The number of nitrogens with one attached hydrogen (secondary N) is 3. The molecule has 0 saturated carbocycles. The summed E-state index contributed by atoms with van der Waals surface area (Å²) in [7, 11) is 1.74. The van der Waals surface area contributed by atoms with Crippen LogP contribution >= 0.6 is 24.0 Å². The van der Waals surface area contributed by atoms with Crippen molar-refractivity contribution in [2.45, 2.75) is 45.9 Å². The Morgan fingerprint density at radius 3 is 2.70 bits per heavy atom. The van der Waals surface area contributed by atoms with Crippen LogP contribution < -0.4 is 20.7 Å².